The maximum absolute atomic E-state index is 11.0. The van der Waals surface area contributed by atoms with E-state index < -0.39 is 5.97 Å². The van der Waals surface area contributed by atoms with Crippen LogP contribution in [-0.2, 0) is 20.7 Å². The molecule has 0 fully saturated rings. The Morgan fingerprint density at radius 2 is 2.06 bits per heavy atom. The number of aliphatic carboxylic acids is 1. The lowest BCUT2D eigenvalue weighted by Crippen LogP contribution is -2.02. The van der Waals surface area contributed by atoms with E-state index in [0.29, 0.717) is 6.42 Å². The van der Waals surface area contributed by atoms with Crippen LogP contribution in [0, 0.1) is 0 Å². The number of carboxylic acids is 1. The molecule has 90 valence electrons. The normalized spacial score (nSPS) is 10.4. The second kappa shape index (κ2) is 6.48. The summed E-state index contributed by atoms with van der Waals surface area (Å²) in [6, 6.07) is 7.35. The molecule has 1 aromatic carbocycles. The van der Waals surface area contributed by atoms with E-state index in [1.807, 2.05) is 24.3 Å². The van der Waals surface area contributed by atoms with Crippen molar-refractivity contribution in [3.05, 3.63) is 41.5 Å². The van der Waals surface area contributed by atoms with Gasteiger partial charge < -0.3 is 9.84 Å². The minimum absolute atomic E-state index is 0.276. The maximum Gasteiger partial charge on any atom is 0.328 e. The van der Waals surface area contributed by atoms with Crippen LogP contribution < -0.4 is 0 Å². The number of carbonyl (C=O) groups is 2. The van der Waals surface area contributed by atoms with Crippen molar-refractivity contribution in [2.24, 2.45) is 0 Å². The standard InChI is InChI=1S/C13H14O4/c1-17-13(16)9-7-11-5-3-2-4-10(11)6-8-12(14)15/h2-6,8H,7,9H2,1H3,(H,14,15). The molecule has 0 aromatic heterocycles. The Morgan fingerprint density at radius 3 is 2.71 bits per heavy atom. The molecular weight excluding hydrogens is 220 g/mol. The zero-order valence-corrected chi connectivity index (χ0v) is 9.55. The molecule has 4 nitrogen and oxygen atoms in total. The lowest BCUT2D eigenvalue weighted by atomic mass is 10.0. The minimum Gasteiger partial charge on any atom is -0.478 e. The van der Waals surface area contributed by atoms with Crippen molar-refractivity contribution in [2.45, 2.75) is 12.8 Å². The molecule has 1 aromatic rings. The van der Waals surface area contributed by atoms with Gasteiger partial charge in [-0.05, 0) is 23.6 Å². The third-order valence-electron chi connectivity index (χ3n) is 2.29. The molecule has 1 N–H and O–H groups in total. The van der Waals surface area contributed by atoms with Gasteiger partial charge in [-0.2, -0.15) is 0 Å². The molecule has 0 spiro atoms. The van der Waals surface area contributed by atoms with Gasteiger partial charge in [-0.1, -0.05) is 24.3 Å². The largest absolute Gasteiger partial charge is 0.478 e. The smallest absolute Gasteiger partial charge is 0.328 e. The molecule has 0 unspecified atom stereocenters. The summed E-state index contributed by atoms with van der Waals surface area (Å²) in [5.41, 5.74) is 1.73. The van der Waals surface area contributed by atoms with Gasteiger partial charge in [0, 0.05) is 12.5 Å². The lowest BCUT2D eigenvalue weighted by Gasteiger charge is -2.04. The van der Waals surface area contributed by atoms with Crippen LogP contribution in [0.5, 0.6) is 0 Å². The second-order valence-corrected chi connectivity index (χ2v) is 3.45. The third kappa shape index (κ3) is 4.51. The van der Waals surface area contributed by atoms with Crippen molar-refractivity contribution in [2.75, 3.05) is 7.11 Å². The van der Waals surface area contributed by atoms with Gasteiger partial charge in [0.05, 0.1) is 7.11 Å². The van der Waals surface area contributed by atoms with Gasteiger partial charge in [0.2, 0.25) is 0 Å². The van der Waals surface area contributed by atoms with Crippen LogP contribution >= 0.6 is 0 Å². The number of carbonyl (C=O) groups excluding carboxylic acids is 1. The number of ether oxygens (including phenoxy) is 1. The number of hydrogen-bond donors (Lipinski definition) is 1. The number of esters is 1. The Kier molecular flexibility index (Phi) is 4.94. The Morgan fingerprint density at radius 1 is 1.35 bits per heavy atom. The molecule has 0 radical (unpaired) electrons. The summed E-state index contributed by atoms with van der Waals surface area (Å²) in [7, 11) is 1.35. The number of hydrogen-bond acceptors (Lipinski definition) is 3. The maximum atomic E-state index is 11.0. The molecule has 0 saturated carbocycles. The average molecular weight is 234 g/mol. The molecule has 4 heteroatoms. The van der Waals surface area contributed by atoms with Gasteiger partial charge in [-0.3, -0.25) is 4.79 Å². The first-order valence-corrected chi connectivity index (χ1v) is 5.19. The summed E-state index contributed by atoms with van der Waals surface area (Å²) in [5, 5.41) is 8.56. The van der Waals surface area contributed by atoms with E-state index in [0.717, 1.165) is 17.2 Å². The molecule has 0 aliphatic carbocycles. The molecule has 0 heterocycles. The van der Waals surface area contributed by atoms with E-state index in [2.05, 4.69) is 4.74 Å². The second-order valence-electron chi connectivity index (χ2n) is 3.45. The van der Waals surface area contributed by atoms with E-state index in [9.17, 15) is 9.59 Å². The van der Waals surface area contributed by atoms with E-state index in [1.165, 1.54) is 13.2 Å². The summed E-state index contributed by atoms with van der Waals surface area (Å²) < 4.78 is 4.56. The van der Waals surface area contributed by atoms with Crippen molar-refractivity contribution in [1.82, 2.24) is 0 Å². The Bertz CT molecular complexity index is 435. The van der Waals surface area contributed by atoms with E-state index >= 15 is 0 Å². The summed E-state index contributed by atoms with van der Waals surface area (Å²) in [6.45, 7) is 0. The van der Waals surface area contributed by atoms with Crippen molar-refractivity contribution in [3.63, 3.8) is 0 Å². The Balaban J connectivity index is 2.77. The molecule has 0 aliphatic heterocycles. The summed E-state index contributed by atoms with van der Waals surface area (Å²) in [5.74, 6) is -1.27. The average Bonchev–Trinajstić information content (AvgIpc) is 2.34. The predicted octanol–water partition coefficient (Wildman–Crippen LogP) is 1.89. The van der Waals surface area contributed by atoms with Gasteiger partial charge >= 0.3 is 11.9 Å². The van der Waals surface area contributed by atoms with Crippen molar-refractivity contribution >= 4 is 18.0 Å². The molecular formula is C13H14O4. The highest BCUT2D eigenvalue weighted by Gasteiger charge is 2.04. The topological polar surface area (TPSA) is 63.6 Å². The zero-order chi connectivity index (χ0) is 12.7. The summed E-state index contributed by atoms with van der Waals surface area (Å²) in [6.07, 6.45) is 3.42. The van der Waals surface area contributed by atoms with E-state index in [4.69, 9.17) is 5.11 Å². The van der Waals surface area contributed by atoms with Gasteiger partial charge in [0.15, 0.2) is 0 Å². The van der Waals surface area contributed by atoms with E-state index in [-0.39, 0.29) is 12.4 Å². The highest BCUT2D eigenvalue weighted by molar-refractivity contribution is 5.85. The fourth-order valence-electron chi connectivity index (χ4n) is 1.42. The monoisotopic (exact) mass is 234 g/mol. The highest BCUT2D eigenvalue weighted by atomic mass is 16.5. The van der Waals surface area contributed by atoms with Crippen LogP contribution in [-0.4, -0.2) is 24.2 Å². The first kappa shape index (κ1) is 13.0. The number of methoxy groups -OCH3 is 1. The Labute approximate surface area is 99.5 Å². The third-order valence-corrected chi connectivity index (χ3v) is 2.29. The quantitative estimate of drug-likeness (QED) is 0.624. The van der Waals surface area contributed by atoms with Crippen LogP contribution in [0.4, 0.5) is 0 Å². The molecule has 1 rings (SSSR count). The van der Waals surface area contributed by atoms with Gasteiger partial charge in [0.25, 0.3) is 0 Å². The van der Waals surface area contributed by atoms with Crippen molar-refractivity contribution in [1.29, 1.82) is 0 Å². The molecule has 0 bridgehead atoms. The van der Waals surface area contributed by atoms with Gasteiger partial charge in [-0.25, -0.2) is 4.79 Å². The fraction of sp³-hybridized carbons (Fsp3) is 0.231. The van der Waals surface area contributed by atoms with Crippen LogP contribution in [0.3, 0.4) is 0 Å². The number of carboxylic acid groups (broad SMARTS) is 1. The lowest BCUT2D eigenvalue weighted by molar-refractivity contribution is -0.140. The Hall–Kier alpha value is -2.10. The molecule has 0 saturated heterocycles. The first-order valence-electron chi connectivity index (χ1n) is 5.19. The number of aryl methyl sites for hydroxylation is 1. The SMILES string of the molecule is COC(=O)CCc1ccccc1C=CC(=O)O. The van der Waals surface area contributed by atoms with Gasteiger partial charge in [0.1, 0.15) is 0 Å². The summed E-state index contributed by atoms with van der Waals surface area (Å²) >= 11 is 0. The molecule has 0 aliphatic rings. The van der Waals surface area contributed by atoms with Crippen molar-refractivity contribution in [3.8, 4) is 0 Å². The number of rotatable bonds is 5. The first-order chi connectivity index (χ1) is 8.13. The molecule has 0 atom stereocenters. The zero-order valence-electron chi connectivity index (χ0n) is 9.55. The molecule has 17 heavy (non-hydrogen) atoms. The van der Waals surface area contributed by atoms with Crippen LogP contribution in [0.1, 0.15) is 17.5 Å². The van der Waals surface area contributed by atoms with Crippen LogP contribution in [0.15, 0.2) is 30.3 Å². The summed E-state index contributed by atoms with van der Waals surface area (Å²) in [4.78, 5) is 21.5. The van der Waals surface area contributed by atoms with Gasteiger partial charge in [-0.15, -0.1) is 0 Å². The molecule has 0 amide bonds. The van der Waals surface area contributed by atoms with E-state index in [1.54, 1.807) is 0 Å². The van der Waals surface area contributed by atoms with Crippen LogP contribution in [0.2, 0.25) is 0 Å². The van der Waals surface area contributed by atoms with Crippen LogP contribution in [0.25, 0.3) is 6.08 Å². The predicted molar refractivity (Wildman–Crippen MR) is 63.4 cm³/mol. The number of benzene rings is 1. The van der Waals surface area contributed by atoms with Crippen molar-refractivity contribution < 1.29 is 19.4 Å². The fourth-order valence-corrected chi connectivity index (χ4v) is 1.42. The highest BCUT2D eigenvalue weighted by Crippen LogP contribution is 2.13. The minimum atomic E-state index is -0.993.